The van der Waals surface area contributed by atoms with Crippen molar-refractivity contribution < 1.29 is 9.90 Å². The lowest BCUT2D eigenvalue weighted by Crippen LogP contribution is -2.33. The van der Waals surface area contributed by atoms with Crippen LogP contribution in [0, 0.1) is 0 Å². The molecule has 94 valence electrons. The second-order valence-electron chi connectivity index (χ2n) is 4.77. The third-order valence-electron chi connectivity index (χ3n) is 2.98. The van der Waals surface area contributed by atoms with Gasteiger partial charge in [0, 0.05) is 13.1 Å². The van der Waals surface area contributed by atoms with Gasteiger partial charge >= 0.3 is 0 Å². The van der Waals surface area contributed by atoms with Gasteiger partial charge in [0.2, 0.25) is 0 Å². The van der Waals surface area contributed by atoms with E-state index in [9.17, 15) is 9.90 Å². The van der Waals surface area contributed by atoms with Gasteiger partial charge in [0.1, 0.15) is 4.88 Å². The molecular formula is C11H17N3O2S. The molecule has 0 spiro atoms. The number of rotatable bonds is 3. The minimum Gasteiger partial charge on any atom is -0.388 e. The highest BCUT2D eigenvalue weighted by atomic mass is 32.1. The largest absolute Gasteiger partial charge is 0.388 e. The Morgan fingerprint density at radius 2 is 2.41 bits per heavy atom. The van der Waals surface area contributed by atoms with Crippen molar-refractivity contribution in [1.82, 2.24) is 14.5 Å². The van der Waals surface area contributed by atoms with Gasteiger partial charge in [-0.2, -0.15) is 0 Å². The first-order valence-electron chi connectivity index (χ1n) is 5.86. The first kappa shape index (κ1) is 12.4. The predicted octanol–water partition coefficient (Wildman–Crippen LogP) is 1.09. The van der Waals surface area contributed by atoms with Crippen LogP contribution in [0.15, 0.2) is 0 Å². The van der Waals surface area contributed by atoms with E-state index in [4.69, 9.17) is 0 Å². The Morgan fingerprint density at radius 1 is 1.65 bits per heavy atom. The molecule has 1 aromatic heterocycles. The topological polar surface area (TPSA) is 66.3 Å². The first-order valence-corrected chi connectivity index (χ1v) is 6.64. The fraction of sp³-hybridized carbons (Fsp3) is 0.727. The summed E-state index contributed by atoms with van der Waals surface area (Å²) in [5, 5.41) is 13.9. The minimum atomic E-state index is -0.751. The Balaban J connectivity index is 2.12. The number of aryl methyl sites for hydroxylation is 1. The van der Waals surface area contributed by atoms with Gasteiger partial charge in [0.05, 0.1) is 11.3 Å². The van der Waals surface area contributed by atoms with Crippen LogP contribution in [0.3, 0.4) is 0 Å². The van der Waals surface area contributed by atoms with Crippen LogP contribution in [0.25, 0.3) is 0 Å². The van der Waals surface area contributed by atoms with Crippen molar-refractivity contribution in [2.45, 2.75) is 38.7 Å². The van der Waals surface area contributed by atoms with Gasteiger partial charge in [0.25, 0.3) is 5.91 Å². The summed E-state index contributed by atoms with van der Waals surface area (Å²) >= 11 is 1.15. The van der Waals surface area contributed by atoms with E-state index >= 15 is 0 Å². The van der Waals surface area contributed by atoms with E-state index in [0.29, 0.717) is 24.4 Å². The van der Waals surface area contributed by atoms with Crippen LogP contribution in [0.2, 0.25) is 0 Å². The summed E-state index contributed by atoms with van der Waals surface area (Å²) in [6.45, 7) is 4.82. The number of nitrogens with zero attached hydrogens (tertiary/aromatic N) is 3. The van der Waals surface area contributed by atoms with Crippen molar-refractivity contribution in [2.75, 3.05) is 13.1 Å². The molecule has 6 heteroatoms. The highest BCUT2D eigenvalue weighted by Gasteiger charge is 2.35. The fourth-order valence-electron chi connectivity index (χ4n) is 2.03. The van der Waals surface area contributed by atoms with Gasteiger partial charge in [-0.3, -0.25) is 4.79 Å². The second-order valence-corrected chi connectivity index (χ2v) is 5.53. The van der Waals surface area contributed by atoms with E-state index in [1.54, 1.807) is 11.8 Å². The molecule has 5 nitrogen and oxygen atoms in total. The maximum Gasteiger partial charge on any atom is 0.267 e. The van der Waals surface area contributed by atoms with Crippen LogP contribution >= 0.6 is 11.5 Å². The van der Waals surface area contributed by atoms with Gasteiger partial charge in [0.15, 0.2) is 0 Å². The zero-order valence-corrected chi connectivity index (χ0v) is 11.0. The fourth-order valence-corrected chi connectivity index (χ4v) is 2.71. The molecule has 1 amide bonds. The van der Waals surface area contributed by atoms with E-state index in [1.807, 2.05) is 6.92 Å². The highest BCUT2D eigenvalue weighted by Crippen LogP contribution is 2.24. The number of hydrogen-bond acceptors (Lipinski definition) is 5. The summed E-state index contributed by atoms with van der Waals surface area (Å²) in [7, 11) is 0. The van der Waals surface area contributed by atoms with Crippen molar-refractivity contribution in [1.29, 1.82) is 0 Å². The summed E-state index contributed by atoms with van der Waals surface area (Å²) in [6.07, 6.45) is 2.36. The average Bonchev–Trinajstić information content (AvgIpc) is 2.84. The van der Waals surface area contributed by atoms with Crippen LogP contribution in [0.4, 0.5) is 0 Å². The van der Waals surface area contributed by atoms with E-state index in [1.165, 1.54) is 0 Å². The molecule has 1 N–H and O–H groups in total. The lowest BCUT2D eigenvalue weighted by molar-refractivity contribution is 0.0574. The summed E-state index contributed by atoms with van der Waals surface area (Å²) in [5.74, 6) is -0.0405. The summed E-state index contributed by atoms with van der Waals surface area (Å²) in [5.41, 5.74) is 0.0349. The van der Waals surface area contributed by atoms with E-state index in [2.05, 4.69) is 9.59 Å². The third kappa shape index (κ3) is 2.63. The molecule has 2 rings (SSSR count). The Kier molecular flexibility index (Phi) is 3.44. The molecule has 1 unspecified atom stereocenters. The smallest absolute Gasteiger partial charge is 0.267 e. The Hall–Kier alpha value is -1.01. The molecule has 17 heavy (non-hydrogen) atoms. The number of hydrogen-bond donors (Lipinski definition) is 1. The normalized spacial score (nSPS) is 24.3. The number of carbonyl (C=O) groups is 1. The molecule has 2 heterocycles. The molecule has 1 fully saturated rings. The standard InChI is InChI=1S/C11H17N3O2S/c1-3-4-8-9(17-13-12-8)10(15)14-6-5-11(2,16)7-14/h16H,3-7H2,1-2H3. The first-order chi connectivity index (χ1) is 8.03. The Morgan fingerprint density at radius 3 is 3.00 bits per heavy atom. The SMILES string of the molecule is CCCc1nnsc1C(=O)N1CCC(C)(O)C1. The number of aromatic nitrogens is 2. The Labute approximate surface area is 105 Å². The van der Waals surface area contributed by atoms with E-state index < -0.39 is 5.60 Å². The third-order valence-corrected chi connectivity index (χ3v) is 3.73. The maximum atomic E-state index is 12.2. The second kappa shape index (κ2) is 4.70. The average molecular weight is 255 g/mol. The molecule has 0 aliphatic carbocycles. The van der Waals surface area contributed by atoms with Gasteiger partial charge in [-0.25, -0.2) is 0 Å². The molecular weight excluding hydrogens is 238 g/mol. The lowest BCUT2D eigenvalue weighted by atomic mass is 10.1. The van der Waals surface area contributed by atoms with Gasteiger partial charge < -0.3 is 10.0 Å². The molecule has 1 aliphatic heterocycles. The van der Waals surface area contributed by atoms with Crippen LogP contribution in [0.1, 0.15) is 42.1 Å². The highest BCUT2D eigenvalue weighted by molar-refractivity contribution is 7.08. The van der Waals surface area contributed by atoms with Gasteiger partial charge in [-0.05, 0) is 31.3 Å². The molecule has 0 radical (unpaired) electrons. The van der Waals surface area contributed by atoms with Crippen molar-refractivity contribution in [3.05, 3.63) is 10.6 Å². The number of aliphatic hydroxyl groups is 1. The lowest BCUT2D eigenvalue weighted by Gasteiger charge is -2.18. The molecule has 1 aliphatic rings. The summed E-state index contributed by atoms with van der Waals surface area (Å²) in [4.78, 5) is 14.6. The molecule has 0 saturated carbocycles. The predicted molar refractivity (Wildman–Crippen MR) is 65.0 cm³/mol. The van der Waals surface area contributed by atoms with Crippen molar-refractivity contribution >= 4 is 17.4 Å². The van der Waals surface area contributed by atoms with Gasteiger partial charge in [-0.1, -0.05) is 17.8 Å². The number of β-amino-alcohol motifs (C(OH)–C–C–N with tert-alkyl or cyclic N) is 1. The van der Waals surface area contributed by atoms with Crippen LogP contribution in [-0.2, 0) is 6.42 Å². The number of likely N-dealkylation sites (tertiary alicyclic amines) is 1. The summed E-state index contributed by atoms with van der Waals surface area (Å²) < 4.78 is 3.85. The number of amides is 1. The zero-order chi connectivity index (χ0) is 12.5. The summed E-state index contributed by atoms with van der Waals surface area (Å²) in [6, 6.07) is 0. The quantitative estimate of drug-likeness (QED) is 0.878. The van der Waals surface area contributed by atoms with E-state index in [0.717, 1.165) is 30.1 Å². The zero-order valence-electron chi connectivity index (χ0n) is 10.1. The molecule has 1 atom stereocenters. The molecule has 1 aromatic rings. The minimum absolute atomic E-state index is 0.0405. The monoisotopic (exact) mass is 255 g/mol. The Bertz CT molecular complexity index is 417. The maximum absolute atomic E-state index is 12.2. The van der Waals surface area contributed by atoms with Crippen LogP contribution < -0.4 is 0 Å². The van der Waals surface area contributed by atoms with Gasteiger partial charge in [-0.15, -0.1) is 5.10 Å². The van der Waals surface area contributed by atoms with Crippen molar-refractivity contribution in [3.63, 3.8) is 0 Å². The molecule has 0 bridgehead atoms. The van der Waals surface area contributed by atoms with Crippen LogP contribution in [0.5, 0.6) is 0 Å². The van der Waals surface area contributed by atoms with Crippen molar-refractivity contribution in [3.8, 4) is 0 Å². The van der Waals surface area contributed by atoms with E-state index in [-0.39, 0.29) is 5.91 Å². The van der Waals surface area contributed by atoms with Crippen molar-refractivity contribution in [2.24, 2.45) is 0 Å². The molecule has 1 saturated heterocycles. The molecule has 0 aromatic carbocycles. The number of carbonyl (C=O) groups excluding carboxylic acids is 1. The van der Waals surface area contributed by atoms with Crippen LogP contribution in [-0.4, -0.2) is 44.2 Å².